The normalized spacial score (nSPS) is 19.2. The van der Waals surface area contributed by atoms with Crippen LogP contribution in [0.5, 0.6) is 0 Å². The lowest BCUT2D eigenvalue weighted by molar-refractivity contribution is -0.151. The highest BCUT2D eigenvalue weighted by atomic mass is 16.5. The summed E-state index contributed by atoms with van der Waals surface area (Å²) in [4.78, 5) is 18.9. The molecule has 0 saturated carbocycles. The van der Waals surface area contributed by atoms with E-state index in [2.05, 4.69) is 22.1 Å². The summed E-state index contributed by atoms with van der Waals surface area (Å²) in [6, 6.07) is 5.86. The van der Waals surface area contributed by atoms with E-state index in [9.17, 15) is 4.79 Å². The van der Waals surface area contributed by atoms with Crippen molar-refractivity contribution < 1.29 is 9.53 Å². The number of hydrogen-bond acceptors (Lipinski definition) is 5. The standard InChI is InChI=1S/C16H25N3O2/c1-3-17-15-10-7-8-13(18-15)12-19-11-6-5-9-14(19)16(20)21-4-2/h7-8,10,14H,3-6,9,11-12H2,1-2H3,(H,17,18). The van der Waals surface area contributed by atoms with Crippen LogP contribution < -0.4 is 5.32 Å². The molecule has 1 aromatic heterocycles. The Morgan fingerprint density at radius 3 is 3.05 bits per heavy atom. The summed E-state index contributed by atoms with van der Waals surface area (Å²) in [7, 11) is 0. The Morgan fingerprint density at radius 2 is 2.29 bits per heavy atom. The van der Waals surface area contributed by atoms with Gasteiger partial charge in [-0.2, -0.15) is 0 Å². The van der Waals surface area contributed by atoms with Crippen LogP contribution >= 0.6 is 0 Å². The quantitative estimate of drug-likeness (QED) is 0.816. The number of hydrogen-bond donors (Lipinski definition) is 1. The first kappa shape index (κ1) is 15.8. The van der Waals surface area contributed by atoms with Crippen LogP contribution in [0.1, 0.15) is 38.8 Å². The fourth-order valence-electron chi connectivity index (χ4n) is 2.74. The van der Waals surface area contributed by atoms with Crippen LogP contribution in [0.4, 0.5) is 5.82 Å². The summed E-state index contributed by atoms with van der Waals surface area (Å²) >= 11 is 0. The summed E-state index contributed by atoms with van der Waals surface area (Å²) in [6.45, 7) is 6.82. The first-order valence-electron chi connectivity index (χ1n) is 7.85. The second-order valence-electron chi connectivity index (χ2n) is 5.28. The molecule has 0 radical (unpaired) electrons. The fraction of sp³-hybridized carbons (Fsp3) is 0.625. The molecule has 2 rings (SSSR count). The van der Waals surface area contributed by atoms with Gasteiger partial charge in [0.1, 0.15) is 11.9 Å². The number of anilines is 1. The van der Waals surface area contributed by atoms with E-state index in [1.807, 2.05) is 25.1 Å². The minimum atomic E-state index is -0.122. The number of aromatic nitrogens is 1. The van der Waals surface area contributed by atoms with Gasteiger partial charge in [0.05, 0.1) is 12.3 Å². The predicted molar refractivity (Wildman–Crippen MR) is 83.1 cm³/mol. The second-order valence-corrected chi connectivity index (χ2v) is 5.28. The molecule has 5 nitrogen and oxygen atoms in total. The predicted octanol–water partition coefficient (Wildman–Crippen LogP) is 2.43. The van der Waals surface area contributed by atoms with Gasteiger partial charge >= 0.3 is 5.97 Å². The maximum atomic E-state index is 12.1. The van der Waals surface area contributed by atoms with E-state index < -0.39 is 0 Å². The third kappa shape index (κ3) is 4.43. The Hall–Kier alpha value is -1.62. The van der Waals surface area contributed by atoms with Gasteiger partial charge in [0.15, 0.2) is 0 Å². The molecule has 0 amide bonds. The minimum Gasteiger partial charge on any atom is -0.465 e. The molecule has 5 heteroatoms. The molecule has 0 aromatic carbocycles. The molecule has 1 atom stereocenters. The van der Waals surface area contributed by atoms with Crippen molar-refractivity contribution in [2.45, 2.75) is 45.7 Å². The van der Waals surface area contributed by atoms with Gasteiger partial charge in [-0.1, -0.05) is 12.5 Å². The molecule has 2 heterocycles. The smallest absolute Gasteiger partial charge is 0.323 e. The van der Waals surface area contributed by atoms with Gasteiger partial charge in [0.25, 0.3) is 0 Å². The fourth-order valence-corrected chi connectivity index (χ4v) is 2.74. The Labute approximate surface area is 126 Å². The zero-order chi connectivity index (χ0) is 15.1. The molecule has 1 unspecified atom stereocenters. The maximum Gasteiger partial charge on any atom is 0.323 e. The van der Waals surface area contributed by atoms with Gasteiger partial charge in [-0.15, -0.1) is 0 Å². The molecular weight excluding hydrogens is 266 g/mol. The number of nitrogens with zero attached hydrogens (tertiary/aromatic N) is 2. The van der Waals surface area contributed by atoms with E-state index in [0.29, 0.717) is 13.2 Å². The Balaban J connectivity index is 2.04. The lowest BCUT2D eigenvalue weighted by Gasteiger charge is -2.33. The minimum absolute atomic E-state index is 0.0972. The molecule has 1 saturated heterocycles. The molecule has 1 fully saturated rings. The average Bonchev–Trinajstić information content (AvgIpc) is 2.49. The third-order valence-electron chi connectivity index (χ3n) is 3.70. The van der Waals surface area contributed by atoms with Gasteiger partial charge in [-0.3, -0.25) is 9.69 Å². The van der Waals surface area contributed by atoms with E-state index in [1.54, 1.807) is 0 Å². The van der Waals surface area contributed by atoms with E-state index in [4.69, 9.17) is 4.74 Å². The topological polar surface area (TPSA) is 54.5 Å². The lowest BCUT2D eigenvalue weighted by Crippen LogP contribution is -2.45. The molecule has 1 aromatic rings. The van der Waals surface area contributed by atoms with Gasteiger partial charge < -0.3 is 10.1 Å². The average molecular weight is 291 g/mol. The zero-order valence-corrected chi connectivity index (χ0v) is 13.0. The van der Waals surface area contributed by atoms with Crippen LogP contribution in [0.25, 0.3) is 0 Å². The van der Waals surface area contributed by atoms with Crippen LogP contribution in [0, 0.1) is 0 Å². The summed E-state index contributed by atoms with van der Waals surface area (Å²) in [5.41, 5.74) is 0.990. The van der Waals surface area contributed by atoms with Crippen LogP contribution in [0.3, 0.4) is 0 Å². The van der Waals surface area contributed by atoms with Crippen molar-refractivity contribution >= 4 is 11.8 Å². The van der Waals surface area contributed by atoms with Crippen molar-refractivity contribution in [2.75, 3.05) is 25.0 Å². The molecular formula is C16H25N3O2. The highest BCUT2D eigenvalue weighted by molar-refractivity contribution is 5.75. The number of rotatable bonds is 6. The molecule has 1 aliphatic rings. The Morgan fingerprint density at radius 1 is 1.43 bits per heavy atom. The summed E-state index contributed by atoms with van der Waals surface area (Å²) in [6.07, 6.45) is 3.10. The van der Waals surface area contributed by atoms with Gasteiger partial charge in [-0.25, -0.2) is 4.98 Å². The van der Waals surface area contributed by atoms with Crippen molar-refractivity contribution in [3.05, 3.63) is 23.9 Å². The highest BCUT2D eigenvalue weighted by Gasteiger charge is 2.29. The summed E-state index contributed by atoms with van der Waals surface area (Å²) in [5.74, 6) is 0.791. The number of carbonyl (C=O) groups is 1. The van der Waals surface area contributed by atoms with E-state index >= 15 is 0 Å². The van der Waals surface area contributed by atoms with Crippen LogP contribution in [-0.4, -0.2) is 41.6 Å². The molecule has 1 aliphatic heterocycles. The summed E-state index contributed by atoms with van der Waals surface area (Å²) in [5, 5.41) is 3.22. The number of likely N-dealkylation sites (tertiary alicyclic amines) is 1. The first-order valence-corrected chi connectivity index (χ1v) is 7.85. The molecule has 21 heavy (non-hydrogen) atoms. The lowest BCUT2D eigenvalue weighted by atomic mass is 10.0. The number of nitrogens with one attached hydrogen (secondary N) is 1. The SMILES string of the molecule is CCNc1cccc(CN2CCCCC2C(=O)OCC)n1. The molecule has 0 aliphatic carbocycles. The van der Waals surface area contributed by atoms with E-state index in [1.165, 1.54) is 0 Å². The number of piperidine rings is 1. The zero-order valence-electron chi connectivity index (χ0n) is 13.0. The second kappa shape index (κ2) is 7.98. The number of pyridine rings is 1. The van der Waals surface area contributed by atoms with Crippen LogP contribution in [0.15, 0.2) is 18.2 Å². The van der Waals surface area contributed by atoms with Gasteiger partial charge in [0.2, 0.25) is 0 Å². The van der Waals surface area contributed by atoms with Gasteiger partial charge in [-0.05, 0) is 45.4 Å². The number of esters is 1. The van der Waals surface area contributed by atoms with Crippen molar-refractivity contribution in [3.8, 4) is 0 Å². The molecule has 0 bridgehead atoms. The van der Waals surface area contributed by atoms with Crippen LogP contribution in [-0.2, 0) is 16.1 Å². The molecule has 1 N–H and O–H groups in total. The largest absolute Gasteiger partial charge is 0.465 e. The van der Waals surface area contributed by atoms with E-state index in [0.717, 1.165) is 43.9 Å². The highest BCUT2D eigenvalue weighted by Crippen LogP contribution is 2.20. The number of ether oxygens (including phenoxy) is 1. The first-order chi connectivity index (χ1) is 10.2. The monoisotopic (exact) mass is 291 g/mol. The summed E-state index contributed by atoms with van der Waals surface area (Å²) < 4.78 is 5.20. The van der Waals surface area contributed by atoms with Crippen molar-refractivity contribution in [2.24, 2.45) is 0 Å². The third-order valence-corrected chi connectivity index (χ3v) is 3.70. The maximum absolute atomic E-state index is 12.1. The number of carbonyl (C=O) groups excluding carboxylic acids is 1. The van der Waals surface area contributed by atoms with Crippen molar-refractivity contribution in [1.29, 1.82) is 0 Å². The molecule has 116 valence electrons. The van der Waals surface area contributed by atoms with E-state index in [-0.39, 0.29) is 12.0 Å². The Bertz CT molecular complexity index is 465. The van der Waals surface area contributed by atoms with Crippen molar-refractivity contribution in [1.82, 2.24) is 9.88 Å². The van der Waals surface area contributed by atoms with Crippen molar-refractivity contribution in [3.63, 3.8) is 0 Å². The van der Waals surface area contributed by atoms with Gasteiger partial charge in [0, 0.05) is 13.1 Å². The Kier molecular flexibility index (Phi) is 5.99. The van der Waals surface area contributed by atoms with Crippen LogP contribution in [0.2, 0.25) is 0 Å². The molecule has 0 spiro atoms.